The zero-order chi connectivity index (χ0) is 15.3. The Morgan fingerprint density at radius 2 is 1.95 bits per heavy atom. The number of carboxylic acids is 1. The summed E-state index contributed by atoms with van der Waals surface area (Å²) < 4.78 is 0. The van der Waals surface area contributed by atoms with Gasteiger partial charge in [0.2, 0.25) is 0 Å². The molecule has 1 aromatic carbocycles. The first-order valence-corrected chi connectivity index (χ1v) is 7.93. The van der Waals surface area contributed by atoms with Crippen molar-refractivity contribution in [1.29, 1.82) is 0 Å². The van der Waals surface area contributed by atoms with Crippen molar-refractivity contribution < 1.29 is 9.90 Å². The van der Waals surface area contributed by atoms with Crippen LogP contribution in [0.1, 0.15) is 37.8 Å². The third kappa shape index (κ3) is 3.11. The van der Waals surface area contributed by atoms with Gasteiger partial charge in [0.25, 0.3) is 0 Å². The van der Waals surface area contributed by atoms with E-state index >= 15 is 0 Å². The number of aryl methyl sites for hydroxylation is 1. The number of hydrogen-bond acceptors (Lipinski definition) is 3. The molecule has 1 fully saturated rings. The van der Waals surface area contributed by atoms with Gasteiger partial charge in [0, 0.05) is 19.6 Å². The molecule has 21 heavy (non-hydrogen) atoms. The fraction of sp³-hybridized carbons (Fsp3) is 0.588. The molecule has 0 bridgehead atoms. The SMILES string of the molecule is CCc1ccc(C(CC)(C(=O)O)N2CCCNCC2)cc1. The molecule has 4 heteroatoms. The second-order valence-corrected chi connectivity index (χ2v) is 5.66. The minimum atomic E-state index is -0.904. The van der Waals surface area contributed by atoms with E-state index in [1.807, 2.05) is 19.1 Å². The molecule has 4 nitrogen and oxygen atoms in total. The minimum absolute atomic E-state index is 0.577. The van der Waals surface area contributed by atoms with Crippen molar-refractivity contribution in [3.05, 3.63) is 35.4 Å². The first-order chi connectivity index (χ1) is 10.1. The Labute approximate surface area is 127 Å². The van der Waals surface area contributed by atoms with Crippen molar-refractivity contribution in [3.8, 4) is 0 Å². The summed E-state index contributed by atoms with van der Waals surface area (Å²) in [6.07, 6.45) is 2.54. The third-order valence-corrected chi connectivity index (χ3v) is 4.59. The molecule has 2 N–H and O–H groups in total. The largest absolute Gasteiger partial charge is 0.480 e. The van der Waals surface area contributed by atoms with Gasteiger partial charge in [0.1, 0.15) is 5.54 Å². The Balaban J connectivity index is 2.41. The highest BCUT2D eigenvalue weighted by Gasteiger charge is 2.44. The van der Waals surface area contributed by atoms with Crippen molar-refractivity contribution in [2.24, 2.45) is 0 Å². The van der Waals surface area contributed by atoms with Crippen molar-refractivity contribution in [1.82, 2.24) is 10.2 Å². The Kier molecular flexibility index (Phi) is 5.37. The van der Waals surface area contributed by atoms with Crippen LogP contribution in [0.25, 0.3) is 0 Å². The lowest BCUT2D eigenvalue weighted by Crippen LogP contribution is -2.52. The third-order valence-electron chi connectivity index (χ3n) is 4.59. The summed E-state index contributed by atoms with van der Waals surface area (Å²) in [7, 11) is 0. The van der Waals surface area contributed by atoms with E-state index < -0.39 is 11.5 Å². The lowest BCUT2D eigenvalue weighted by Gasteiger charge is -2.40. The maximum atomic E-state index is 12.2. The lowest BCUT2D eigenvalue weighted by atomic mass is 9.84. The quantitative estimate of drug-likeness (QED) is 0.873. The summed E-state index contributed by atoms with van der Waals surface area (Å²) in [5.41, 5.74) is 1.24. The molecule has 1 heterocycles. The van der Waals surface area contributed by atoms with E-state index in [-0.39, 0.29) is 0 Å². The van der Waals surface area contributed by atoms with Crippen LogP contribution in [-0.2, 0) is 16.8 Å². The molecular formula is C17H26N2O2. The summed E-state index contributed by atoms with van der Waals surface area (Å²) in [5, 5.41) is 13.3. The molecule has 0 saturated carbocycles. The second kappa shape index (κ2) is 7.05. The molecular weight excluding hydrogens is 264 g/mol. The number of carboxylic acid groups (broad SMARTS) is 1. The van der Waals surface area contributed by atoms with Crippen LogP contribution in [0.3, 0.4) is 0 Å². The number of carbonyl (C=O) groups is 1. The first-order valence-electron chi connectivity index (χ1n) is 7.93. The van der Waals surface area contributed by atoms with E-state index in [1.54, 1.807) is 0 Å². The van der Waals surface area contributed by atoms with E-state index in [0.29, 0.717) is 6.42 Å². The number of nitrogens with one attached hydrogen (secondary N) is 1. The highest BCUT2D eigenvalue weighted by atomic mass is 16.4. The Morgan fingerprint density at radius 3 is 2.52 bits per heavy atom. The topological polar surface area (TPSA) is 52.6 Å². The number of aliphatic carboxylic acids is 1. The molecule has 0 amide bonds. The number of benzene rings is 1. The van der Waals surface area contributed by atoms with Gasteiger partial charge in [0.15, 0.2) is 0 Å². The normalized spacial score (nSPS) is 19.7. The van der Waals surface area contributed by atoms with Gasteiger partial charge in [-0.2, -0.15) is 0 Å². The van der Waals surface area contributed by atoms with Gasteiger partial charge in [0.05, 0.1) is 0 Å². The Bertz CT molecular complexity index is 464. The fourth-order valence-electron chi connectivity index (χ4n) is 3.26. The molecule has 1 atom stereocenters. The predicted molar refractivity (Wildman–Crippen MR) is 84.5 cm³/mol. The van der Waals surface area contributed by atoms with Gasteiger partial charge >= 0.3 is 5.97 Å². The monoisotopic (exact) mass is 290 g/mol. The van der Waals surface area contributed by atoms with Crippen LogP contribution in [-0.4, -0.2) is 42.2 Å². The predicted octanol–water partition coefficient (Wildman–Crippen LogP) is 2.23. The summed E-state index contributed by atoms with van der Waals surface area (Å²) >= 11 is 0. The summed E-state index contributed by atoms with van der Waals surface area (Å²) in [4.78, 5) is 14.3. The van der Waals surface area contributed by atoms with Crippen LogP contribution in [0.5, 0.6) is 0 Å². The molecule has 1 aromatic rings. The standard InChI is InChI=1S/C17H26N2O2/c1-3-14-6-8-15(9-7-14)17(4-2,16(20)21)19-12-5-10-18-11-13-19/h6-9,18H,3-5,10-13H2,1-2H3,(H,20,21). The molecule has 1 aliphatic heterocycles. The van der Waals surface area contributed by atoms with Crippen LogP contribution in [0.2, 0.25) is 0 Å². The van der Waals surface area contributed by atoms with Gasteiger partial charge < -0.3 is 10.4 Å². The smallest absolute Gasteiger partial charge is 0.328 e. The first kappa shape index (κ1) is 16.0. The highest BCUT2D eigenvalue weighted by molar-refractivity contribution is 5.80. The molecule has 1 saturated heterocycles. The van der Waals surface area contributed by atoms with E-state index in [1.165, 1.54) is 5.56 Å². The van der Waals surface area contributed by atoms with E-state index in [4.69, 9.17) is 0 Å². The van der Waals surface area contributed by atoms with Crippen LogP contribution in [0.15, 0.2) is 24.3 Å². The van der Waals surface area contributed by atoms with Gasteiger partial charge in [-0.3, -0.25) is 4.90 Å². The Hall–Kier alpha value is -1.39. The average Bonchev–Trinajstić information content (AvgIpc) is 2.78. The molecule has 0 spiro atoms. The van der Waals surface area contributed by atoms with E-state index in [9.17, 15) is 9.90 Å². The maximum Gasteiger partial charge on any atom is 0.328 e. The second-order valence-electron chi connectivity index (χ2n) is 5.66. The van der Waals surface area contributed by atoms with Gasteiger partial charge in [-0.25, -0.2) is 4.79 Å². The number of hydrogen-bond donors (Lipinski definition) is 2. The molecule has 0 radical (unpaired) electrons. The van der Waals surface area contributed by atoms with Crippen molar-refractivity contribution in [2.75, 3.05) is 26.2 Å². The zero-order valence-corrected chi connectivity index (χ0v) is 13.1. The van der Waals surface area contributed by atoms with E-state index in [0.717, 1.165) is 44.6 Å². The van der Waals surface area contributed by atoms with Crippen LogP contribution in [0, 0.1) is 0 Å². The summed E-state index contributed by atoms with van der Waals surface area (Å²) in [6, 6.07) is 8.10. The molecule has 1 unspecified atom stereocenters. The number of nitrogens with zero attached hydrogens (tertiary/aromatic N) is 1. The number of rotatable bonds is 5. The molecule has 1 aliphatic rings. The van der Waals surface area contributed by atoms with Crippen LogP contribution < -0.4 is 5.32 Å². The van der Waals surface area contributed by atoms with Gasteiger partial charge in [-0.15, -0.1) is 0 Å². The highest BCUT2D eigenvalue weighted by Crippen LogP contribution is 2.33. The Morgan fingerprint density at radius 1 is 1.24 bits per heavy atom. The minimum Gasteiger partial charge on any atom is -0.480 e. The van der Waals surface area contributed by atoms with Crippen molar-refractivity contribution in [2.45, 2.75) is 38.6 Å². The van der Waals surface area contributed by atoms with Crippen molar-refractivity contribution >= 4 is 5.97 Å². The average molecular weight is 290 g/mol. The van der Waals surface area contributed by atoms with Gasteiger partial charge in [-0.1, -0.05) is 38.1 Å². The molecule has 0 aromatic heterocycles. The lowest BCUT2D eigenvalue weighted by molar-refractivity contribution is -0.153. The van der Waals surface area contributed by atoms with Crippen molar-refractivity contribution in [3.63, 3.8) is 0 Å². The zero-order valence-electron chi connectivity index (χ0n) is 13.1. The molecule has 0 aliphatic carbocycles. The van der Waals surface area contributed by atoms with Crippen LogP contribution >= 0.6 is 0 Å². The molecule has 2 rings (SSSR count). The summed E-state index contributed by atoms with van der Waals surface area (Å²) in [6.45, 7) is 7.49. The maximum absolute atomic E-state index is 12.2. The summed E-state index contributed by atoms with van der Waals surface area (Å²) in [5.74, 6) is -0.740. The van der Waals surface area contributed by atoms with E-state index in [2.05, 4.69) is 29.3 Å². The van der Waals surface area contributed by atoms with Crippen LogP contribution in [0.4, 0.5) is 0 Å². The molecule has 116 valence electrons. The fourth-order valence-corrected chi connectivity index (χ4v) is 3.26. The van der Waals surface area contributed by atoms with Gasteiger partial charge in [-0.05, 0) is 36.9 Å².